The van der Waals surface area contributed by atoms with E-state index in [0.29, 0.717) is 23.8 Å². The Balaban J connectivity index is 1.50. The minimum absolute atomic E-state index is 0.0484. The van der Waals surface area contributed by atoms with Crippen molar-refractivity contribution in [1.82, 2.24) is 4.90 Å². The molecule has 7 heteroatoms. The van der Waals surface area contributed by atoms with Crippen molar-refractivity contribution in [2.45, 2.75) is 24.8 Å². The van der Waals surface area contributed by atoms with E-state index in [1.807, 2.05) is 30.3 Å². The van der Waals surface area contributed by atoms with Crippen LogP contribution in [0.15, 0.2) is 36.4 Å². The van der Waals surface area contributed by atoms with Crippen LogP contribution in [-0.4, -0.2) is 63.5 Å². The first-order chi connectivity index (χ1) is 15.0. The van der Waals surface area contributed by atoms with Crippen LogP contribution in [0, 0.1) is 0 Å². The van der Waals surface area contributed by atoms with Gasteiger partial charge in [0.25, 0.3) is 5.91 Å². The first-order valence-electron chi connectivity index (χ1n) is 10.6. The predicted octanol–water partition coefficient (Wildman–Crippen LogP) is 2.59. The number of amides is 1. The highest BCUT2D eigenvalue weighted by molar-refractivity contribution is 5.97. The van der Waals surface area contributed by atoms with Crippen LogP contribution in [0.25, 0.3) is 0 Å². The molecule has 0 radical (unpaired) electrons. The van der Waals surface area contributed by atoms with Gasteiger partial charge in [0, 0.05) is 24.2 Å². The molecule has 7 nitrogen and oxygen atoms in total. The lowest BCUT2D eigenvalue weighted by molar-refractivity contribution is -0.121. The minimum Gasteiger partial charge on any atom is -0.493 e. The van der Waals surface area contributed by atoms with E-state index in [0.717, 1.165) is 43.7 Å². The molecule has 1 N–H and O–H groups in total. The number of para-hydroxylation sites is 1. The second kappa shape index (κ2) is 8.77. The average Bonchev–Trinajstić information content (AvgIpc) is 3.13. The van der Waals surface area contributed by atoms with E-state index in [-0.39, 0.29) is 11.3 Å². The summed E-state index contributed by atoms with van der Waals surface area (Å²) >= 11 is 0. The van der Waals surface area contributed by atoms with Crippen LogP contribution in [0.3, 0.4) is 0 Å². The van der Waals surface area contributed by atoms with Crippen LogP contribution >= 0.6 is 0 Å². The standard InChI is InChI=1S/C24H30N2O5/c1-29-20-12-17(13-21(30-2)23(20)31-3)14-25-10-8-24(9-11-25)16-26(22(28)15-27)19-7-5-4-6-18(19)24/h4-7,12-13,27H,8-11,14-16H2,1-3H3. The summed E-state index contributed by atoms with van der Waals surface area (Å²) in [5.41, 5.74) is 3.23. The number of anilines is 1. The summed E-state index contributed by atoms with van der Waals surface area (Å²) < 4.78 is 16.4. The van der Waals surface area contributed by atoms with Crippen LogP contribution in [0.2, 0.25) is 0 Å². The third kappa shape index (κ3) is 3.83. The fraction of sp³-hybridized carbons (Fsp3) is 0.458. The number of likely N-dealkylation sites (tertiary alicyclic amines) is 1. The number of benzene rings is 2. The van der Waals surface area contributed by atoms with Crippen molar-refractivity contribution in [2.75, 3.05) is 52.5 Å². The maximum Gasteiger partial charge on any atom is 0.252 e. The average molecular weight is 427 g/mol. The van der Waals surface area contributed by atoms with Crippen molar-refractivity contribution in [3.8, 4) is 17.2 Å². The molecule has 2 heterocycles. The zero-order valence-electron chi connectivity index (χ0n) is 18.4. The number of aliphatic hydroxyl groups excluding tert-OH is 1. The topological polar surface area (TPSA) is 71.5 Å². The van der Waals surface area contributed by atoms with Gasteiger partial charge in [-0.05, 0) is 55.3 Å². The molecule has 0 aliphatic carbocycles. The van der Waals surface area contributed by atoms with Gasteiger partial charge in [-0.3, -0.25) is 9.69 Å². The van der Waals surface area contributed by atoms with Crippen LogP contribution in [0.5, 0.6) is 17.2 Å². The SMILES string of the molecule is COc1cc(CN2CCC3(CC2)CN(C(=O)CO)c2ccccc23)cc(OC)c1OC. The first-order valence-corrected chi connectivity index (χ1v) is 10.6. The lowest BCUT2D eigenvalue weighted by Gasteiger charge is -2.40. The third-order valence-corrected chi connectivity index (χ3v) is 6.61. The van der Waals surface area contributed by atoms with Crippen molar-refractivity contribution < 1.29 is 24.1 Å². The quantitative estimate of drug-likeness (QED) is 0.766. The van der Waals surface area contributed by atoms with Crippen molar-refractivity contribution >= 4 is 11.6 Å². The lowest BCUT2D eigenvalue weighted by atomic mass is 9.74. The van der Waals surface area contributed by atoms with Gasteiger partial charge in [0.2, 0.25) is 5.75 Å². The molecule has 0 bridgehead atoms. The van der Waals surface area contributed by atoms with Gasteiger partial charge in [0.05, 0.1) is 21.3 Å². The van der Waals surface area contributed by atoms with Crippen LogP contribution < -0.4 is 19.1 Å². The molecule has 2 aliphatic rings. The fourth-order valence-electron chi connectivity index (χ4n) is 4.99. The molecule has 2 aromatic rings. The number of piperidine rings is 1. The van der Waals surface area contributed by atoms with Crippen LogP contribution in [-0.2, 0) is 16.8 Å². The van der Waals surface area contributed by atoms with E-state index >= 15 is 0 Å². The monoisotopic (exact) mass is 426 g/mol. The summed E-state index contributed by atoms with van der Waals surface area (Å²) in [6.45, 7) is 2.81. The summed E-state index contributed by atoms with van der Waals surface area (Å²) in [4.78, 5) is 16.5. The van der Waals surface area contributed by atoms with E-state index in [1.54, 1.807) is 26.2 Å². The summed E-state index contributed by atoms with van der Waals surface area (Å²) in [7, 11) is 4.86. The van der Waals surface area contributed by atoms with Gasteiger partial charge in [0.15, 0.2) is 11.5 Å². The molecule has 1 amide bonds. The Hall–Kier alpha value is -2.77. The number of ether oxygens (including phenoxy) is 3. The lowest BCUT2D eigenvalue weighted by Crippen LogP contribution is -2.46. The zero-order chi connectivity index (χ0) is 22.0. The molecular weight excluding hydrogens is 396 g/mol. The van der Waals surface area contributed by atoms with Gasteiger partial charge < -0.3 is 24.2 Å². The summed E-state index contributed by atoms with van der Waals surface area (Å²) in [5.74, 6) is 1.69. The number of aliphatic hydroxyl groups is 1. The number of hydrogen-bond donors (Lipinski definition) is 1. The minimum atomic E-state index is -0.461. The van der Waals surface area contributed by atoms with Gasteiger partial charge in [-0.25, -0.2) is 0 Å². The Bertz CT molecular complexity index is 928. The molecule has 0 saturated carbocycles. The van der Waals surface area contributed by atoms with E-state index in [4.69, 9.17) is 14.2 Å². The molecule has 0 unspecified atom stereocenters. The molecule has 1 saturated heterocycles. The zero-order valence-corrected chi connectivity index (χ0v) is 18.4. The molecule has 1 spiro atoms. The molecule has 4 rings (SSSR count). The van der Waals surface area contributed by atoms with Gasteiger partial charge in [-0.15, -0.1) is 0 Å². The maximum absolute atomic E-state index is 12.3. The third-order valence-electron chi connectivity index (χ3n) is 6.61. The second-order valence-electron chi connectivity index (χ2n) is 8.25. The van der Waals surface area contributed by atoms with E-state index in [2.05, 4.69) is 11.0 Å². The summed E-state index contributed by atoms with van der Waals surface area (Å²) in [6.07, 6.45) is 1.92. The number of rotatable bonds is 6. The molecule has 1 fully saturated rings. The highest BCUT2D eigenvalue weighted by Crippen LogP contribution is 2.47. The molecule has 31 heavy (non-hydrogen) atoms. The number of carbonyl (C=O) groups excluding carboxylic acids is 1. The van der Waals surface area contributed by atoms with Gasteiger partial charge in [-0.1, -0.05) is 18.2 Å². The highest BCUT2D eigenvalue weighted by atomic mass is 16.5. The Morgan fingerprint density at radius 2 is 1.68 bits per heavy atom. The van der Waals surface area contributed by atoms with Crippen molar-refractivity contribution in [2.24, 2.45) is 0 Å². The van der Waals surface area contributed by atoms with E-state index < -0.39 is 6.61 Å². The molecule has 0 atom stereocenters. The van der Waals surface area contributed by atoms with Crippen molar-refractivity contribution in [3.63, 3.8) is 0 Å². The van der Waals surface area contributed by atoms with Crippen molar-refractivity contribution in [3.05, 3.63) is 47.5 Å². The second-order valence-corrected chi connectivity index (χ2v) is 8.25. The molecule has 2 aromatic carbocycles. The number of nitrogens with zero attached hydrogens (tertiary/aromatic N) is 2. The molecule has 2 aliphatic heterocycles. The largest absolute Gasteiger partial charge is 0.493 e. The van der Waals surface area contributed by atoms with E-state index in [1.165, 1.54) is 5.56 Å². The first kappa shape index (κ1) is 21.5. The predicted molar refractivity (Wildman–Crippen MR) is 118 cm³/mol. The smallest absolute Gasteiger partial charge is 0.252 e. The maximum atomic E-state index is 12.3. The van der Waals surface area contributed by atoms with Gasteiger partial charge >= 0.3 is 0 Å². The Morgan fingerprint density at radius 1 is 1.03 bits per heavy atom. The normalized spacial score (nSPS) is 17.5. The highest BCUT2D eigenvalue weighted by Gasteiger charge is 2.45. The Kier molecular flexibility index (Phi) is 6.07. The Labute approximate surface area is 183 Å². The van der Waals surface area contributed by atoms with Gasteiger partial charge in [-0.2, -0.15) is 0 Å². The van der Waals surface area contributed by atoms with Crippen LogP contribution in [0.1, 0.15) is 24.0 Å². The fourth-order valence-corrected chi connectivity index (χ4v) is 4.99. The summed E-state index contributed by atoms with van der Waals surface area (Å²) in [6, 6.07) is 12.1. The number of fused-ring (bicyclic) bond motifs is 2. The molecular formula is C24H30N2O5. The molecule has 166 valence electrons. The van der Waals surface area contributed by atoms with E-state index in [9.17, 15) is 9.90 Å². The van der Waals surface area contributed by atoms with Crippen LogP contribution in [0.4, 0.5) is 5.69 Å². The summed E-state index contributed by atoms with van der Waals surface area (Å²) in [5, 5.41) is 9.41. The number of methoxy groups -OCH3 is 3. The van der Waals surface area contributed by atoms with Crippen molar-refractivity contribution in [1.29, 1.82) is 0 Å². The Morgan fingerprint density at radius 3 is 2.26 bits per heavy atom. The number of hydrogen-bond acceptors (Lipinski definition) is 6. The molecule has 0 aromatic heterocycles. The van der Waals surface area contributed by atoms with Gasteiger partial charge in [0.1, 0.15) is 6.61 Å². The number of carbonyl (C=O) groups is 1.